The fourth-order valence-corrected chi connectivity index (χ4v) is 3.36. The highest BCUT2D eigenvalue weighted by Gasteiger charge is 2.16. The Morgan fingerprint density at radius 1 is 1.08 bits per heavy atom. The van der Waals surface area contributed by atoms with Gasteiger partial charge in [-0.05, 0) is 43.3 Å². The molecule has 8 heteroatoms. The third-order valence-corrected chi connectivity index (χ3v) is 4.82. The van der Waals surface area contributed by atoms with E-state index in [4.69, 9.17) is 5.73 Å². The van der Waals surface area contributed by atoms with Crippen molar-refractivity contribution < 1.29 is 18.0 Å². The van der Waals surface area contributed by atoms with Gasteiger partial charge in [0.1, 0.15) is 0 Å². The maximum atomic E-state index is 12.3. The number of nitrogens with two attached hydrogens (primary N) is 1. The molecule has 0 spiro atoms. The van der Waals surface area contributed by atoms with E-state index in [-0.39, 0.29) is 12.1 Å². The van der Waals surface area contributed by atoms with Gasteiger partial charge >= 0.3 is 0 Å². The summed E-state index contributed by atoms with van der Waals surface area (Å²) in [7, 11) is -3.38. The van der Waals surface area contributed by atoms with Gasteiger partial charge in [-0.1, -0.05) is 12.1 Å². The average molecular weight is 361 g/mol. The van der Waals surface area contributed by atoms with Crippen LogP contribution in [-0.2, 0) is 10.0 Å². The first-order valence-corrected chi connectivity index (χ1v) is 9.37. The van der Waals surface area contributed by atoms with Gasteiger partial charge in [0.25, 0.3) is 11.8 Å². The summed E-state index contributed by atoms with van der Waals surface area (Å²) in [5.41, 5.74) is 6.61. The highest BCUT2D eigenvalue weighted by molar-refractivity contribution is 7.92. The van der Waals surface area contributed by atoms with Crippen LogP contribution >= 0.6 is 0 Å². The van der Waals surface area contributed by atoms with Crippen LogP contribution < -0.4 is 15.4 Å². The molecule has 0 saturated carbocycles. The highest BCUT2D eigenvalue weighted by atomic mass is 32.2. The minimum atomic E-state index is -3.38. The van der Waals surface area contributed by atoms with Crippen molar-refractivity contribution in [2.24, 2.45) is 5.73 Å². The molecule has 0 heterocycles. The molecule has 2 amide bonds. The first-order valence-electron chi connectivity index (χ1n) is 7.52. The van der Waals surface area contributed by atoms with E-state index in [0.717, 1.165) is 6.26 Å². The molecule has 0 aliphatic rings. The molecule has 0 atom stereocenters. The molecular weight excluding hydrogens is 342 g/mol. The molecule has 25 heavy (non-hydrogen) atoms. The zero-order valence-electron chi connectivity index (χ0n) is 13.9. The summed E-state index contributed by atoms with van der Waals surface area (Å²) in [6.45, 7) is 2.01. The topological polar surface area (TPSA) is 110 Å². The summed E-state index contributed by atoms with van der Waals surface area (Å²) in [6, 6.07) is 12.6. The lowest BCUT2D eigenvalue weighted by Crippen LogP contribution is -2.29. The summed E-state index contributed by atoms with van der Waals surface area (Å²) in [5, 5.41) is 2.63. The summed E-state index contributed by atoms with van der Waals surface area (Å²) in [6.07, 6.45) is 1.12. The predicted octanol–water partition coefficient (Wildman–Crippen LogP) is 1.82. The Morgan fingerprint density at radius 3 is 2.20 bits per heavy atom. The standard InChI is InChI=1S/C17H19N3O4S/c1-3-20(25(2,23)24)13-10-8-12(9-11-13)17(22)19-15-7-5-4-6-14(15)16(18)21/h4-11H,3H2,1-2H3,(H2,18,21)(H,19,22). The van der Waals surface area contributed by atoms with Gasteiger partial charge in [0.2, 0.25) is 10.0 Å². The number of carbonyl (C=O) groups is 2. The van der Waals surface area contributed by atoms with Crippen molar-refractivity contribution in [2.75, 3.05) is 22.4 Å². The van der Waals surface area contributed by atoms with Gasteiger partial charge in [-0.3, -0.25) is 13.9 Å². The van der Waals surface area contributed by atoms with E-state index in [1.54, 1.807) is 37.3 Å². The number of rotatable bonds is 6. The van der Waals surface area contributed by atoms with Gasteiger partial charge < -0.3 is 11.1 Å². The third-order valence-electron chi connectivity index (χ3n) is 3.55. The van der Waals surface area contributed by atoms with E-state index in [0.29, 0.717) is 16.9 Å². The van der Waals surface area contributed by atoms with Gasteiger partial charge in [-0.2, -0.15) is 0 Å². The van der Waals surface area contributed by atoms with Crippen LogP contribution in [0.5, 0.6) is 0 Å². The predicted molar refractivity (Wildman–Crippen MR) is 97.2 cm³/mol. The Morgan fingerprint density at radius 2 is 1.68 bits per heavy atom. The van der Waals surface area contributed by atoms with Crippen molar-refractivity contribution in [3.8, 4) is 0 Å². The van der Waals surface area contributed by atoms with Crippen LogP contribution in [0.2, 0.25) is 0 Å². The van der Waals surface area contributed by atoms with Crippen molar-refractivity contribution in [1.29, 1.82) is 0 Å². The third kappa shape index (κ3) is 4.36. The molecule has 2 rings (SSSR count). The quantitative estimate of drug-likeness (QED) is 0.818. The fourth-order valence-electron chi connectivity index (χ4n) is 2.39. The number of hydrogen-bond acceptors (Lipinski definition) is 4. The lowest BCUT2D eigenvalue weighted by atomic mass is 10.1. The summed E-state index contributed by atoms with van der Waals surface area (Å²) in [4.78, 5) is 23.7. The summed E-state index contributed by atoms with van der Waals surface area (Å²) in [5.74, 6) is -1.07. The summed E-state index contributed by atoms with van der Waals surface area (Å²) < 4.78 is 24.7. The molecule has 0 aliphatic carbocycles. The Hall–Kier alpha value is -2.87. The Bertz CT molecular complexity index is 892. The summed E-state index contributed by atoms with van der Waals surface area (Å²) >= 11 is 0. The Kier molecular flexibility index (Phi) is 5.43. The van der Waals surface area contributed by atoms with Crippen LogP contribution in [-0.4, -0.2) is 33.0 Å². The van der Waals surface area contributed by atoms with Crippen LogP contribution in [0.15, 0.2) is 48.5 Å². The average Bonchev–Trinajstić information content (AvgIpc) is 2.55. The molecule has 2 aromatic rings. The van der Waals surface area contributed by atoms with E-state index in [2.05, 4.69) is 5.32 Å². The number of amides is 2. The van der Waals surface area contributed by atoms with Gasteiger partial charge in [-0.15, -0.1) is 0 Å². The maximum absolute atomic E-state index is 12.3. The molecular formula is C17H19N3O4S. The second-order valence-electron chi connectivity index (χ2n) is 5.34. The molecule has 0 aromatic heterocycles. The fraction of sp³-hybridized carbons (Fsp3) is 0.176. The van der Waals surface area contributed by atoms with Crippen LogP contribution in [0.4, 0.5) is 11.4 Å². The van der Waals surface area contributed by atoms with Gasteiger partial charge in [0.15, 0.2) is 0 Å². The molecule has 132 valence electrons. The van der Waals surface area contributed by atoms with Gasteiger partial charge in [0.05, 0.1) is 23.2 Å². The van der Waals surface area contributed by atoms with Crippen molar-refractivity contribution in [3.05, 3.63) is 59.7 Å². The second kappa shape index (κ2) is 7.35. The molecule has 0 radical (unpaired) electrons. The van der Waals surface area contributed by atoms with Crippen LogP contribution in [0, 0.1) is 0 Å². The molecule has 0 aliphatic heterocycles. The van der Waals surface area contributed by atoms with Crippen LogP contribution in [0.25, 0.3) is 0 Å². The van der Waals surface area contributed by atoms with E-state index < -0.39 is 21.8 Å². The van der Waals surface area contributed by atoms with Crippen molar-refractivity contribution >= 4 is 33.2 Å². The lowest BCUT2D eigenvalue weighted by molar-refractivity contribution is 0.100. The maximum Gasteiger partial charge on any atom is 0.255 e. The molecule has 2 aromatic carbocycles. The van der Waals surface area contributed by atoms with E-state index in [1.165, 1.54) is 22.5 Å². The number of benzene rings is 2. The normalized spacial score (nSPS) is 11.0. The van der Waals surface area contributed by atoms with Gasteiger partial charge in [0, 0.05) is 12.1 Å². The SMILES string of the molecule is CCN(c1ccc(C(=O)Nc2ccccc2C(N)=O)cc1)S(C)(=O)=O. The number of nitrogens with zero attached hydrogens (tertiary/aromatic N) is 1. The Balaban J connectivity index is 2.23. The van der Waals surface area contributed by atoms with E-state index in [1.807, 2.05) is 0 Å². The van der Waals surface area contributed by atoms with Gasteiger partial charge in [-0.25, -0.2) is 8.42 Å². The number of primary amides is 1. The van der Waals surface area contributed by atoms with E-state index in [9.17, 15) is 18.0 Å². The molecule has 0 bridgehead atoms. The second-order valence-corrected chi connectivity index (χ2v) is 7.25. The first kappa shape index (κ1) is 18.5. The molecule has 0 saturated heterocycles. The number of anilines is 2. The molecule has 0 unspecified atom stereocenters. The zero-order valence-corrected chi connectivity index (χ0v) is 14.7. The minimum Gasteiger partial charge on any atom is -0.366 e. The number of hydrogen-bond donors (Lipinski definition) is 2. The monoisotopic (exact) mass is 361 g/mol. The first-order chi connectivity index (χ1) is 11.7. The molecule has 0 fully saturated rings. The molecule has 3 N–H and O–H groups in total. The molecule has 7 nitrogen and oxygen atoms in total. The number of carbonyl (C=O) groups excluding carboxylic acids is 2. The smallest absolute Gasteiger partial charge is 0.255 e. The Labute approximate surface area is 146 Å². The number of nitrogens with one attached hydrogen (secondary N) is 1. The van der Waals surface area contributed by atoms with Crippen molar-refractivity contribution in [1.82, 2.24) is 0 Å². The number of sulfonamides is 1. The zero-order chi connectivity index (χ0) is 18.6. The number of para-hydroxylation sites is 1. The minimum absolute atomic E-state index is 0.210. The van der Waals surface area contributed by atoms with E-state index >= 15 is 0 Å². The lowest BCUT2D eigenvalue weighted by Gasteiger charge is -2.20. The highest BCUT2D eigenvalue weighted by Crippen LogP contribution is 2.20. The largest absolute Gasteiger partial charge is 0.366 e. The van der Waals surface area contributed by atoms with Crippen molar-refractivity contribution in [2.45, 2.75) is 6.92 Å². The van der Waals surface area contributed by atoms with Crippen LogP contribution in [0.1, 0.15) is 27.6 Å². The van der Waals surface area contributed by atoms with Crippen LogP contribution in [0.3, 0.4) is 0 Å². The van der Waals surface area contributed by atoms with Crippen molar-refractivity contribution in [3.63, 3.8) is 0 Å².